The monoisotopic (exact) mass is 277 g/mol. The maximum atomic E-state index is 11.0. The van der Waals surface area contributed by atoms with E-state index in [0.717, 1.165) is 35.2 Å². The number of aryl methyl sites for hydroxylation is 1. The van der Waals surface area contributed by atoms with Crippen LogP contribution in [0.25, 0.3) is 10.9 Å². The lowest BCUT2D eigenvalue weighted by Crippen LogP contribution is -2.14. The van der Waals surface area contributed by atoms with Crippen molar-refractivity contribution in [3.05, 3.63) is 34.5 Å². The van der Waals surface area contributed by atoms with Crippen LogP contribution in [0.15, 0.2) is 18.2 Å². The van der Waals surface area contributed by atoms with Crippen LogP contribution in [0.1, 0.15) is 36.4 Å². The summed E-state index contributed by atoms with van der Waals surface area (Å²) in [6.07, 6.45) is 3.26. The summed E-state index contributed by atoms with van der Waals surface area (Å²) in [4.78, 5) is 11.0. The Morgan fingerprint density at radius 1 is 1.53 bits per heavy atom. The molecule has 0 fully saturated rings. The SMILES string of the molecule is Cn1c2c(c3ccc(Cl)cc31)C(CC(=O)O)CCC2. The van der Waals surface area contributed by atoms with Gasteiger partial charge in [0.1, 0.15) is 0 Å². The van der Waals surface area contributed by atoms with Crippen molar-refractivity contribution in [2.75, 3.05) is 0 Å². The topological polar surface area (TPSA) is 42.2 Å². The molecule has 0 aliphatic heterocycles. The number of hydrogen-bond acceptors (Lipinski definition) is 1. The fourth-order valence-electron chi connectivity index (χ4n) is 3.32. The first kappa shape index (κ1) is 12.5. The molecule has 2 aromatic rings. The molecule has 0 radical (unpaired) electrons. The molecule has 1 N–H and O–H groups in total. The van der Waals surface area contributed by atoms with E-state index in [-0.39, 0.29) is 12.3 Å². The molecule has 0 bridgehead atoms. The summed E-state index contributed by atoms with van der Waals surface area (Å²) in [6, 6.07) is 5.88. The standard InChI is InChI=1S/C15H16ClNO2/c1-17-12-4-2-3-9(7-14(18)19)15(12)11-6-5-10(16)8-13(11)17/h5-6,8-9H,2-4,7H2,1H3,(H,18,19). The van der Waals surface area contributed by atoms with E-state index < -0.39 is 5.97 Å². The van der Waals surface area contributed by atoms with Gasteiger partial charge >= 0.3 is 5.97 Å². The number of aliphatic carboxylic acids is 1. The van der Waals surface area contributed by atoms with E-state index in [9.17, 15) is 4.79 Å². The van der Waals surface area contributed by atoms with Gasteiger partial charge in [-0.3, -0.25) is 4.79 Å². The van der Waals surface area contributed by atoms with Crippen LogP contribution in [-0.2, 0) is 18.3 Å². The summed E-state index contributed by atoms with van der Waals surface area (Å²) in [5.74, 6) is -0.588. The number of fused-ring (bicyclic) bond motifs is 3. The predicted molar refractivity (Wildman–Crippen MR) is 75.9 cm³/mol. The van der Waals surface area contributed by atoms with Crippen LogP contribution in [0.2, 0.25) is 5.02 Å². The third kappa shape index (κ3) is 2.02. The zero-order valence-corrected chi connectivity index (χ0v) is 11.6. The number of carboxylic acids is 1. The van der Waals surface area contributed by atoms with E-state index in [2.05, 4.69) is 4.57 Å². The Morgan fingerprint density at radius 2 is 2.32 bits per heavy atom. The molecule has 0 amide bonds. The van der Waals surface area contributed by atoms with Gasteiger partial charge < -0.3 is 9.67 Å². The molecule has 1 aliphatic carbocycles. The Labute approximate surface area is 116 Å². The number of benzene rings is 1. The number of nitrogens with zero attached hydrogens (tertiary/aromatic N) is 1. The van der Waals surface area contributed by atoms with Gasteiger partial charge in [0.2, 0.25) is 0 Å². The van der Waals surface area contributed by atoms with Crippen molar-refractivity contribution >= 4 is 28.5 Å². The Balaban J connectivity index is 2.22. The lowest BCUT2D eigenvalue weighted by molar-refractivity contribution is -0.137. The van der Waals surface area contributed by atoms with Crippen molar-refractivity contribution in [1.82, 2.24) is 4.57 Å². The normalized spacial score (nSPS) is 18.5. The molecule has 1 aliphatic rings. The molecule has 1 atom stereocenters. The van der Waals surface area contributed by atoms with Gasteiger partial charge in [0.15, 0.2) is 0 Å². The zero-order chi connectivity index (χ0) is 13.6. The van der Waals surface area contributed by atoms with Crippen LogP contribution in [0, 0.1) is 0 Å². The minimum Gasteiger partial charge on any atom is -0.481 e. The largest absolute Gasteiger partial charge is 0.481 e. The molecule has 0 saturated heterocycles. The summed E-state index contributed by atoms with van der Waals surface area (Å²) in [5, 5.41) is 11.0. The van der Waals surface area contributed by atoms with Gasteiger partial charge in [0.05, 0.1) is 6.42 Å². The van der Waals surface area contributed by atoms with E-state index in [1.807, 2.05) is 25.2 Å². The van der Waals surface area contributed by atoms with Crippen LogP contribution >= 0.6 is 11.6 Å². The summed E-state index contributed by atoms with van der Waals surface area (Å²) >= 11 is 6.07. The second kappa shape index (κ2) is 4.57. The van der Waals surface area contributed by atoms with Crippen LogP contribution in [-0.4, -0.2) is 15.6 Å². The Kier molecular flexibility index (Phi) is 3.02. The van der Waals surface area contributed by atoms with Gasteiger partial charge in [-0.2, -0.15) is 0 Å². The van der Waals surface area contributed by atoms with E-state index in [0.29, 0.717) is 0 Å². The third-order valence-corrected chi connectivity index (χ3v) is 4.36. The molecule has 100 valence electrons. The van der Waals surface area contributed by atoms with Gasteiger partial charge in [0, 0.05) is 28.7 Å². The second-order valence-corrected chi connectivity index (χ2v) is 5.70. The molecular formula is C15H16ClNO2. The first-order valence-corrected chi connectivity index (χ1v) is 6.94. The number of hydrogen-bond donors (Lipinski definition) is 1. The highest BCUT2D eigenvalue weighted by Crippen LogP contribution is 2.40. The number of aromatic nitrogens is 1. The van der Waals surface area contributed by atoms with Crippen molar-refractivity contribution in [2.45, 2.75) is 31.6 Å². The molecule has 3 rings (SSSR count). The molecule has 1 unspecified atom stereocenters. The first-order chi connectivity index (χ1) is 9.08. The molecular weight excluding hydrogens is 262 g/mol. The maximum Gasteiger partial charge on any atom is 0.303 e. The zero-order valence-electron chi connectivity index (χ0n) is 10.8. The van der Waals surface area contributed by atoms with Crippen molar-refractivity contribution in [3.8, 4) is 0 Å². The van der Waals surface area contributed by atoms with Crippen LogP contribution < -0.4 is 0 Å². The molecule has 1 aromatic heterocycles. The van der Waals surface area contributed by atoms with Crippen molar-refractivity contribution in [2.24, 2.45) is 7.05 Å². The summed E-state index contributed by atoms with van der Waals surface area (Å²) < 4.78 is 2.17. The number of carboxylic acid groups (broad SMARTS) is 1. The smallest absolute Gasteiger partial charge is 0.303 e. The van der Waals surface area contributed by atoms with Crippen LogP contribution in [0.3, 0.4) is 0 Å². The highest BCUT2D eigenvalue weighted by Gasteiger charge is 2.27. The van der Waals surface area contributed by atoms with E-state index in [1.165, 1.54) is 11.3 Å². The highest BCUT2D eigenvalue weighted by atomic mass is 35.5. The highest BCUT2D eigenvalue weighted by molar-refractivity contribution is 6.31. The average Bonchev–Trinajstić information content (AvgIpc) is 2.64. The van der Waals surface area contributed by atoms with Gasteiger partial charge in [-0.05, 0) is 42.9 Å². The van der Waals surface area contributed by atoms with Crippen molar-refractivity contribution < 1.29 is 9.90 Å². The molecule has 1 aromatic carbocycles. The number of halogens is 1. The minimum absolute atomic E-state index is 0.131. The van der Waals surface area contributed by atoms with Gasteiger partial charge in [-0.25, -0.2) is 0 Å². The molecule has 3 nitrogen and oxygen atoms in total. The molecule has 4 heteroatoms. The average molecular weight is 278 g/mol. The van der Waals surface area contributed by atoms with Crippen LogP contribution in [0.5, 0.6) is 0 Å². The van der Waals surface area contributed by atoms with Crippen molar-refractivity contribution in [3.63, 3.8) is 0 Å². The fraction of sp³-hybridized carbons (Fsp3) is 0.400. The molecule has 1 heterocycles. The first-order valence-electron chi connectivity index (χ1n) is 6.56. The fourth-order valence-corrected chi connectivity index (χ4v) is 3.49. The molecule has 0 saturated carbocycles. The minimum atomic E-state index is -0.719. The lowest BCUT2D eigenvalue weighted by atomic mass is 9.83. The quantitative estimate of drug-likeness (QED) is 0.909. The maximum absolute atomic E-state index is 11.0. The van der Waals surface area contributed by atoms with E-state index >= 15 is 0 Å². The molecule has 19 heavy (non-hydrogen) atoms. The third-order valence-electron chi connectivity index (χ3n) is 4.12. The summed E-state index contributed by atoms with van der Waals surface area (Å²) in [5.41, 5.74) is 3.60. The van der Waals surface area contributed by atoms with Crippen molar-refractivity contribution in [1.29, 1.82) is 0 Å². The Hall–Kier alpha value is -1.48. The Bertz CT molecular complexity index is 660. The predicted octanol–water partition coefficient (Wildman–Crippen LogP) is 3.73. The lowest BCUT2D eigenvalue weighted by Gasteiger charge is -2.22. The number of rotatable bonds is 2. The van der Waals surface area contributed by atoms with Gasteiger partial charge in [-0.1, -0.05) is 17.7 Å². The summed E-state index contributed by atoms with van der Waals surface area (Å²) in [7, 11) is 2.04. The van der Waals surface area contributed by atoms with E-state index in [4.69, 9.17) is 16.7 Å². The number of carbonyl (C=O) groups is 1. The Morgan fingerprint density at radius 3 is 3.05 bits per heavy atom. The second-order valence-electron chi connectivity index (χ2n) is 5.27. The van der Waals surface area contributed by atoms with Gasteiger partial charge in [0.25, 0.3) is 0 Å². The van der Waals surface area contributed by atoms with E-state index in [1.54, 1.807) is 0 Å². The van der Waals surface area contributed by atoms with Crippen LogP contribution in [0.4, 0.5) is 0 Å². The summed E-state index contributed by atoms with van der Waals surface area (Å²) in [6.45, 7) is 0. The van der Waals surface area contributed by atoms with Gasteiger partial charge in [-0.15, -0.1) is 0 Å². The molecule has 0 spiro atoms.